The van der Waals surface area contributed by atoms with Gasteiger partial charge in [-0.2, -0.15) is 0 Å². The summed E-state index contributed by atoms with van der Waals surface area (Å²) in [4.78, 5) is 16.2. The third-order valence-corrected chi connectivity index (χ3v) is 4.46. The fourth-order valence-electron chi connectivity index (χ4n) is 2.48. The molecule has 2 aromatic rings. The van der Waals surface area contributed by atoms with Crippen LogP contribution in [-0.2, 0) is 11.3 Å². The van der Waals surface area contributed by atoms with Gasteiger partial charge >= 0.3 is 0 Å². The Balaban J connectivity index is 1.65. The standard InChI is InChI=1S/C15H18N4OS/c1-11-4-3-5-13(8-11)9-18-6-7-19(10-14(18)20)15-17-16-12(2)21-15/h3-5,8H,6-7,9-10H2,1-2H3. The van der Waals surface area contributed by atoms with Crippen LogP contribution in [0.3, 0.4) is 0 Å². The lowest BCUT2D eigenvalue weighted by Crippen LogP contribution is -2.50. The molecule has 2 heterocycles. The molecular weight excluding hydrogens is 284 g/mol. The topological polar surface area (TPSA) is 49.3 Å². The molecule has 0 radical (unpaired) electrons. The van der Waals surface area contributed by atoms with E-state index >= 15 is 0 Å². The number of hydrogen-bond donors (Lipinski definition) is 0. The first-order valence-electron chi connectivity index (χ1n) is 7.00. The van der Waals surface area contributed by atoms with Gasteiger partial charge in [0.2, 0.25) is 11.0 Å². The van der Waals surface area contributed by atoms with E-state index in [1.807, 2.05) is 22.8 Å². The second-order valence-corrected chi connectivity index (χ2v) is 6.49. The van der Waals surface area contributed by atoms with Gasteiger partial charge in [-0.15, -0.1) is 10.2 Å². The summed E-state index contributed by atoms with van der Waals surface area (Å²) in [5.41, 5.74) is 2.41. The molecule has 0 atom stereocenters. The van der Waals surface area contributed by atoms with E-state index in [1.165, 1.54) is 22.5 Å². The number of anilines is 1. The van der Waals surface area contributed by atoms with Crippen LogP contribution in [0.1, 0.15) is 16.1 Å². The zero-order valence-corrected chi connectivity index (χ0v) is 13.1. The predicted octanol–water partition coefficient (Wildman–Crippen LogP) is 2.00. The lowest BCUT2D eigenvalue weighted by atomic mass is 10.1. The largest absolute Gasteiger partial charge is 0.336 e. The summed E-state index contributed by atoms with van der Waals surface area (Å²) in [6, 6.07) is 8.31. The van der Waals surface area contributed by atoms with E-state index < -0.39 is 0 Å². The predicted molar refractivity (Wildman–Crippen MR) is 83.5 cm³/mol. The van der Waals surface area contributed by atoms with Crippen LogP contribution in [0.25, 0.3) is 0 Å². The van der Waals surface area contributed by atoms with Gasteiger partial charge in [0.15, 0.2) is 0 Å². The van der Waals surface area contributed by atoms with Crippen molar-refractivity contribution in [2.45, 2.75) is 20.4 Å². The maximum atomic E-state index is 12.3. The van der Waals surface area contributed by atoms with Gasteiger partial charge in [-0.1, -0.05) is 41.2 Å². The molecule has 1 aromatic heterocycles. The Morgan fingerprint density at radius 3 is 2.76 bits per heavy atom. The van der Waals surface area contributed by atoms with Crippen LogP contribution in [0, 0.1) is 13.8 Å². The SMILES string of the molecule is Cc1cccc(CN2CCN(c3nnc(C)s3)CC2=O)c1. The monoisotopic (exact) mass is 302 g/mol. The molecule has 3 rings (SSSR count). The fraction of sp³-hybridized carbons (Fsp3) is 0.400. The zero-order chi connectivity index (χ0) is 14.8. The van der Waals surface area contributed by atoms with Crippen LogP contribution in [0.4, 0.5) is 5.13 Å². The van der Waals surface area contributed by atoms with Crippen molar-refractivity contribution in [3.8, 4) is 0 Å². The molecule has 5 nitrogen and oxygen atoms in total. The molecule has 1 aliphatic rings. The van der Waals surface area contributed by atoms with Crippen molar-refractivity contribution in [3.05, 3.63) is 40.4 Å². The van der Waals surface area contributed by atoms with Crippen LogP contribution in [0.2, 0.25) is 0 Å². The van der Waals surface area contributed by atoms with Gasteiger partial charge in [-0.05, 0) is 19.4 Å². The summed E-state index contributed by atoms with van der Waals surface area (Å²) in [6.45, 7) is 6.61. The second-order valence-electron chi connectivity index (χ2n) is 5.33. The number of rotatable bonds is 3. The molecule has 0 N–H and O–H groups in total. The summed E-state index contributed by atoms with van der Waals surface area (Å²) in [5.74, 6) is 0.149. The highest BCUT2D eigenvalue weighted by Crippen LogP contribution is 2.21. The number of carbonyl (C=O) groups excluding carboxylic acids is 1. The number of carbonyl (C=O) groups is 1. The van der Waals surface area contributed by atoms with Crippen molar-refractivity contribution in [2.24, 2.45) is 0 Å². The van der Waals surface area contributed by atoms with Gasteiger partial charge in [-0.25, -0.2) is 0 Å². The third-order valence-electron chi connectivity index (χ3n) is 3.56. The molecule has 1 amide bonds. The number of aryl methyl sites for hydroxylation is 2. The molecule has 0 saturated carbocycles. The van der Waals surface area contributed by atoms with E-state index in [2.05, 4.69) is 35.3 Å². The van der Waals surface area contributed by atoms with Gasteiger partial charge in [0.25, 0.3) is 0 Å². The number of aromatic nitrogens is 2. The van der Waals surface area contributed by atoms with Gasteiger partial charge in [0.05, 0.1) is 6.54 Å². The summed E-state index contributed by atoms with van der Waals surface area (Å²) in [7, 11) is 0. The van der Waals surface area contributed by atoms with Crippen molar-refractivity contribution >= 4 is 22.4 Å². The third kappa shape index (κ3) is 3.21. The minimum atomic E-state index is 0.149. The Labute approximate surface area is 128 Å². The molecule has 1 aromatic carbocycles. The van der Waals surface area contributed by atoms with Gasteiger partial charge in [-0.3, -0.25) is 4.79 Å². The van der Waals surface area contributed by atoms with Crippen LogP contribution in [-0.4, -0.2) is 40.6 Å². The molecule has 21 heavy (non-hydrogen) atoms. The van der Waals surface area contributed by atoms with Crippen molar-refractivity contribution in [1.29, 1.82) is 0 Å². The van der Waals surface area contributed by atoms with Crippen LogP contribution in [0.5, 0.6) is 0 Å². The van der Waals surface area contributed by atoms with E-state index in [4.69, 9.17) is 0 Å². The normalized spacial score (nSPS) is 15.6. The molecular formula is C15H18N4OS. The van der Waals surface area contributed by atoms with E-state index in [0.717, 1.165) is 23.2 Å². The van der Waals surface area contributed by atoms with E-state index in [-0.39, 0.29) is 5.91 Å². The maximum absolute atomic E-state index is 12.3. The molecule has 1 aliphatic heterocycles. The first-order valence-corrected chi connectivity index (χ1v) is 7.82. The van der Waals surface area contributed by atoms with Gasteiger partial charge in [0, 0.05) is 19.6 Å². The average molecular weight is 302 g/mol. The van der Waals surface area contributed by atoms with Crippen LogP contribution in [0.15, 0.2) is 24.3 Å². The highest BCUT2D eigenvalue weighted by Gasteiger charge is 2.25. The zero-order valence-electron chi connectivity index (χ0n) is 12.2. The lowest BCUT2D eigenvalue weighted by Gasteiger charge is -2.34. The minimum Gasteiger partial charge on any atom is -0.336 e. The molecule has 6 heteroatoms. The number of benzene rings is 1. The van der Waals surface area contributed by atoms with Crippen LogP contribution >= 0.6 is 11.3 Å². The van der Waals surface area contributed by atoms with Gasteiger partial charge < -0.3 is 9.80 Å². The van der Waals surface area contributed by atoms with E-state index in [0.29, 0.717) is 13.1 Å². The Kier molecular flexibility index (Phi) is 3.88. The number of nitrogens with zero attached hydrogens (tertiary/aromatic N) is 4. The number of amides is 1. The molecule has 0 unspecified atom stereocenters. The second kappa shape index (κ2) is 5.81. The highest BCUT2D eigenvalue weighted by molar-refractivity contribution is 7.15. The number of piperazine rings is 1. The van der Waals surface area contributed by atoms with E-state index in [1.54, 1.807) is 0 Å². The molecule has 0 spiro atoms. The molecule has 0 aliphatic carbocycles. The fourth-order valence-corrected chi connectivity index (χ4v) is 3.20. The molecule has 0 bridgehead atoms. The Morgan fingerprint density at radius 1 is 1.24 bits per heavy atom. The first-order chi connectivity index (χ1) is 10.1. The maximum Gasteiger partial charge on any atom is 0.242 e. The van der Waals surface area contributed by atoms with E-state index in [9.17, 15) is 4.79 Å². The quantitative estimate of drug-likeness (QED) is 0.870. The summed E-state index contributed by atoms with van der Waals surface area (Å²) in [5, 5.41) is 9.91. The Hall–Kier alpha value is -1.95. The molecule has 1 fully saturated rings. The molecule has 1 saturated heterocycles. The van der Waals surface area contributed by atoms with Crippen molar-refractivity contribution in [2.75, 3.05) is 24.5 Å². The summed E-state index contributed by atoms with van der Waals surface area (Å²) in [6.07, 6.45) is 0. The minimum absolute atomic E-state index is 0.149. The highest BCUT2D eigenvalue weighted by atomic mass is 32.1. The molecule has 110 valence electrons. The average Bonchev–Trinajstić information content (AvgIpc) is 2.88. The smallest absolute Gasteiger partial charge is 0.242 e. The Morgan fingerprint density at radius 2 is 2.10 bits per heavy atom. The van der Waals surface area contributed by atoms with Gasteiger partial charge in [0.1, 0.15) is 5.01 Å². The number of hydrogen-bond acceptors (Lipinski definition) is 5. The summed E-state index contributed by atoms with van der Waals surface area (Å²) >= 11 is 1.54. The van der Waals surface area contributed by atoms with Crippen LogP contribution < -0.4 is 4.90 Å². The Bertz CT molecular complexity index is 655. The lowest BCUT2D eigenvalue weighted by molar-refractivity contribution is -0.131. The first kappa shape index (κ1) is 14.0. The van der Waals surface area contributed by atoms with Crippen molar-refractivity contribution in [3.63, 3.8) is 0 Å². The van der Waals surface area contributed by atoms with Crippen molar-refractivity contribution < 1.29 is 4.79 Å². The summed E-state index contributed by atoms with van der Waals surface area (Å²) < 4.78 is 0. The van der Waals surface area contributed by atoms with Crippen molar-refractivity contribution in [1.82, 2.24) is 15.1 Å².